The Hall–Kier alpha value is -2.24. The van der Waals surface area contributed by atoms with Crippen molar-refractivity contribution in [3.05, 3.63) is 18.2 Å². The molecule has 1 aromatic carbocycles. The Morgan fingerprint density at radius 3 is 2.86 bits per heavy atom. The molecule has 2 heterocycles. The molecule has 112 valence electrons. The van der Waals surface area contributed by atoms with Crippen molar-refractivity contribution in [1.29, 1.82) is 0 Å². The first-order valence-electron chi connectivity index (χ1n) is 7.05. The number of hydrogen-bond acceptors (Lipinski definition) is 5. The lowest BCUT2D eigenvalue weighted by Crippen LogP contribution is -2.26. The number of rotatable bonds is 3. The van der Waals surface area contributed by atoms with Crippen molar-refractivity contribution in [1.82, 2.24) is 0 Å². The molecule has 0 spiro atoms. The molecule has 1 fully saturated rings. The molecular formula is C15H17NO5. The molecule has 1 saturated heterocycles. The lowest BCUT2D eigenvalue weighted by atomic mass is 10.1. The number of ether oxygens (including phenoxy) is 3. The Labute approximate surface area is 122 Å². The number of hydrogen-bond donors (Lipinski definition) is 0. The fourth-order valence-electron chi connectivity index (χ4n) is 2.58. The average Bonchev–Trinajstić information content (AvgIpc) is 2.89. The van der Waals surface area contributed by atoms with Gasteiger partial charge in [-0.1, -0.05) is 0 Å². The fraction of sp³-hybridized carbons (Fsp3) is 0.467. The number of benzene rings is 1. The molecule has 1 amide bonds. The summed E-state index contributed by atoms with van der Waals surface area (Å²) in [4.78, 5) is 25.5. The smallest absolute Gasteiger partial charge is 0.311 e. The number of fused-ring (bicyclic) bond motifs is 1. The third-order valence-corrected chi connectivity index (χ3v) is 3.58. The summed E-state index contributed by atoms with van der Waals surface area (Å²) in [6.45, 7) is 3.45. The van der Waals surface area contributed by atoms with E-state index in [4.69, 9.17) is 14.2 Å². The highest BCUT2D eigenvalue weighted by molar-refractivity contribution is 5.99. The number of esters is 1. The van der Waals surface area contributed by atoms with E-state index in [0.29, 0.717) is 37.9 Å². The molecule has 6 nitrogen and oxygen atoms in total. The van der Waals surface area contributed by atoms with Gasteiger partial charge in [0, 0.05) is 24.7 Å². The van der Waals surface area contributed by atoms with Crippen LogP contribution >= 0.6 is 0 Å². The summed E-state index contributed by atoms with van der Waals surface area (Å²) in [6.07, 6.45) is 0.188. The van der Waals surface area contributed by atoms with Gasteiger partial charge in [-0.2, -0.15) is 0 Å². The van der Waals surface area contributed by atoms with Gasteiger partial charge in [-0.25, -0.2) is 0 Å². The van der Waals surface area contributed by atoms with E-state index in [0.717, 1.165) is 5.69 Å². The molecule has 2 aliphatic heterocycles. The van der Waals surface area contributed by atoms with Gasteiger partial charge in [0.2, 0.25) is 5.91 Å². The highest BCUT2D eigenvalue weighted by Gasteiger charge is 2.36. The van der Waals surface area contributed by atoms with Crippen LogP contribution in [0, 0.1) is 5.92 Å². The second-order valence-electron chi connectivity index (χ2n) is 4.99. The molecule has 0 unspecified atom stereocenters. The van der Waals surface area contributed by atoms with Crippen molar-refractivity contribution >= 4 is 17.6 Å². The molecule has 1 aromatic rings. The zero-order valence-electron chi connectivity index (χ0n) is 11.8. The first-order chi connectivity index (χ1) is 10.2. The molecule has 3 rings (SSSR count). The van der Waals surface area contributed by atoms with E-state index >= 15 is 0 Å². The molecule has 2 aliphatic rings. The number of nitrogens with zero attached hydrogens (tertiary/aromatic N) is 1. The van der Waals surface area contributed by atoms with Gasteiger partial charge in [0.25, 0.3) is 0 Å². The van der Waals surface area contributed by atoms with Gasteiger partial charge in [0.1, 0.15) is 13.2 Å². The second kappa shape index (κ2) is 5.63. The fourth-order valence-corrected chi connectivity index (χ4v) is 2.58. The topological polar surface area (TPSA) is 65.1 Å². The Balaban J connectivity index is 1.78. The molecular weight excluding hydrogens is 274 g/mol. The molecule has 0 radical (unpaired) electrons. The van der Waals surface area contributed by atoms with Crippen molar-refractivity contribution in [2.45, 2.75) is 13.3 Å². The van der Waals surface area contributed by atoms with E-state index in [1.54, 1.807) is 30.0 Å². The van der Waals surface area contributed by atoms with E-state index in [1.807, 2.05) is 0 Å². The zero-order chi connectivity index (χ0) is 14.8. The van der Waals surface area contributed by atoms with Crippen molar-refractivity contribution in [2.24, 2.45) is 5.92 Å². The third kappa shape index (κ3) is 2.66. The highest BCUT2D eigenvalue weighted by atomic mass is 16.6. The van der Waals surface area contributed by atoms with Crippen molar-refractivity contribution in [3.8, 4) is 11.5 Å². The minimum absolute atomic E-state index is 0.0790. The normalized spacial score (nSPS) is 20.5. The number of amides is 1. The van der Waals surface area contributed by atoms with Crippen molar-refractivity contribution < 1.29 is 23.8 Å². The van der Waals surface area contributed by atoms with Crippen molar-refractivity contribution in [2.75, 3.05) is 31.3 Å². The SMILES string of the molecule is CCOC(=O)[C@@H]1CC(=O)N(c2ccc3c(c2)OCCO3)C1. The maximum atomic E-state index is 12.1. The molecule has 21 heavy (non-hydrogen) atoms. The highest BCUT2D eigenvalue weighted by Crippen LogP contribution is 2.36. The van der Waals surface area contributed by atoms with Gasteiger partial charge >= 0.3 is 5.97 Å². The summed E-state index contributed by atoms with van der Waals surface area (Å²) < 4.78 is 16.0. The predicted octanol–water partition coefficient (Wildman–Crippen LogP) is 1.37. The lowest BCUT2D eigenvalue weighted by molar-refractivity contribution is -0.147. The Morgan fingerprint density at radius 2 is 2.10 bits per heavy atom. The summed E-state index contributed by atoms with van der Waals surface area (Å²) in [6, 6.07) is 5.37. The molecule has 6 heteroatoms. The molecule has 0 saturated carbocycles. The Bertz CT molecular complexity index is 571. The van der Waals surface area contributed by atoms with Crippen LogP contribution in [0.4, 0.5) is 5.69 Å². The summed E-state index contributed by atoms with van der Waals surface area (Å²) in [5, 5.41) is 0. The summed E-state index contributed by atoms with van der Waals surface area (Å²) in [5.41, 5.74) is 0.719. The molecule has 0 aliphatic carbocycles. The molecule has 0 aromatic heterocycles. The van der Waals surface area contributed by atoms with Crippen molar-refractivity contribution in [3.63, 3.8) is 0 Å². The van der Waals surface area contributed by atoms with Crippen LogP contribution in [0.5, 0.6) is 11.5 Å². The van der Waals surface area contributed by atoms with Crippen LogP contribution < -0.4 is 14.4 Å². The quantitative estimate of drug-likeness (QED) is 0.787. The van der Waals surface area contributed by atoms with Gasteiger partial charge in [-0.15, -0.1) is 0 Å². The predicted molar refractivity (Wildman–Crippen MR) is 74.5 cm³/mol. The van der Waals surface area contributed by atoms with Crippen LogP contribution in [0.1, 0.15) is 13.3 Å². The van der Waals surface area contributed by atoms with Gasteiger partial charge in [-0.05, 0) is 19.1 Å². The summed E-state index contributed by atoms with van der Waals surface area (Å²) in [5.74, 6) is 0.519. The van der Waals surface area contributed by atoms with E-state index in [2.05, 4.69) is 0 Å². The minimum atomic E-state index is -0.398. The molecule has 0 N–H and O–H groups in total. The van der Waals surface area contributed by atoms with Crippen LogP contribution in [-0.4, -0.2) is 38.2 Å². The second-order valence-corrected chi connectivity index (χ2v) is 4.99. The summed E-state index contributed by atoms with van der Waals surface area (Å²) in [7, 11) is 0. The monoisotopic (exact) mass is 291 g/mol. The molecule has 0 bridgehead atoms. The number of anilines is 1. The van der Waals surface area contributed by atoms with Crippen LogP contribution in [0.15, 0.2) is 18.2 Å². The Kier molecular flexibility index (Phi) is 3.68. The third-order valence-electron chi connectivity index (χ3n) is 3.58. The van der Waals surface area contributed by atoms with Crippen LogP contribution in [0.3, 0.4) is 0 Å². The van der Waals surface area contributed by atoms with E-state index in [9.17, 15) is 9.59 Å². The minimum Gasteiger partial charge on any atom is -0.486 e. The van der Waals surface area contributed by atoms with Gasteiger partial charge in [0.15, 0.2) is 11.5 Å². The Morgan fingerprint density at radius 1 is 1.33 bits per heavy atom. The number of carbonyl (C=O) groups is 2. The van der Waals surface area contributed by atoms with Crippen LogP contribution in [0.2, 0.25) is 0 Å². The standard InChI is InChI=1S/C15H17NO5/c1-2-19-15(18)10-7-14(17)16(9-10)11-3-4-12-13(8-11)21-6-5-20-12/h3-4,8,10H,2,5-7,9H2,1H3/t10-/m1/s1. The van der Waals surface area contributed by atoms with Gasteiger partial charge in [0.05, 0.1) is 12.5 Å². The first kappa shape index (κ1) is 13.7. The van der Waals surface area contributed by atoms with E-state index in [1.165, 1.54) is 0 Å². The summed E-state index contributed by atoms with van der Waals surface area (Å²) >= 11 is 0. The largest absolute Gasteiger partial charge is 0.486 e. The maximum absolute atomic E-state index is 12.1. The van der Waals surface area contributed by atoms with E-state index in [-0.39, 0.29) is 18.3 Å². The lowest BCUT2D eigenvalue weighted by Gasteiger charge is -2.22. The van der Waals surface area contributed by atoms with E-state index < -0.39 is 5.92 Å². The van der Waals surface area contributed by atoms with Gasteiger partial charge in [-0.3, -0.25) is 9.59 Å². The average molecular weight is 291 g/mol. The maximum Gasteiger partial charge on any atom is 0.311 e. The van der Waals surface area contributed by atoms with Crippen LogP contribution in [-0.2, 0) is 14.3 Å². The van der Waals surface area contributed by atoms with Crippen LogP contribution in [0.25, 0.3) is 0 Å². The first-order valence-corrected chi connectivity index (χ1v) is 7.05. The zero-order valence-corrected chi connectivity index (χ0v) is 11.8. The molecule has 1 atom stereocenters. The number of carbonyl (C=O) groups excluding carboxylic acids is 2. The van der Waals surface area contributed by atoms with Gasteiger partial charge < -0.3 is 19.1 Å².